The number of benzene rings is 1. The summed E-state index contributed by atoms with van der Waals surface area (Å²) in [4.78, 5) is 4.33. The lowest BCUT2D eigenvalue weighted by Crippen LogP contribution is -2.26. The number of ether oxygens (including phenoxy) is 1. The summed E-state index contributed by atoms with van der Waals surface area (Å²) in [7, 11) is 1.66. The van der Waals surface area contributed by atoms with Crippen molar-refractivity contribution >= 4 is 28.2 Å². The average Bonchev–Trinajstić information content (AvgIpc) is 2.40. The highest BCUT2D eigenvalue weighted by Crippen LogP contribution is 2.25. The van der Waals surface area contributed by atoms with E-state index in [0.717, 1.165) is 23.0 Å². The molecule has 2 aromatic rings. The number of hydrogen-bond donors (Lipinski definition) is 2. The number of methoxy groups -OCH3 is 1. The molecule has 0 radical (unpaired) electrons. The third-order valence-electron chi connectivity index (χ3n) is 2.92. The van der Waals surface area contributed by atoms with Gasteiger partial charge >= 0.3 is 0 Å². The van der Waals surface area contributed by atoms with Gasteiger partial charge < -0.3 is 15.2 Å². The van der Waals surface area contributed by atoms with Gasteiger partial charge in [0.25, 0.3) is 0 Å². The van der Waals surface area contributed by atoms with E-state index in [1.54, 1.807) is 25.4 Å². The van der Waals surface area contributed by atoms with Crippen molar-refractivity contribution in [3.8, 4) is 5.75 Å². The molecule has 4 nitrogen and oxygen atoms in total. The summed E-state index contributed by atoms with van der Waals surface area (Å²) in [6, 6.07) is 7.24. The molecule has 0 aliphatic heterocycles. The average molecular weight is 281 g/mol. The minimum atomic E-state index is 0.1000. The molecule has 1 aromatic heterocycles. The van der Waals surface area contributed by atoms with Crippen molar-refractivity contribution in [3.05, 3.63) is 30.5 Å². The van der Waals surface area contributed by atoms with E-state index < -0.39 is 0 Å². The maximum Gasteiger partial charge on any atom is 0.134 e. The number of fused-ring (bicyclic) bond motifs is 1. The summed E-state index contributed by atoms with van der Waals surface area (Å²) >= 11 is 5.79. The Balaban J connectivity index is 2.30. The molecule has 1 atom stereocenters. The van der Waals surface area contributed by atoms with E-state index in [1.165, 1.54) is 0 Å². The number of anilines is 1. The minimum Gasteiger partial charge on any atom is -0.508 e. The fourth-order valence-electron chi connectivity index (χ4n) is 1.99. The van der Waals surface area contributed by atoms with Crippen LogP contribution >= 0.6 is 11.6 Å². The lowest BCUT2D eigenvalue weighted by atomic mass is 10.1. The second kappa shape index (κ2) is 6.59. The lowest BCUT2D eigenvalue weighted by Gasteiger charge is -2.18. The largest absolute Gasteiger partial charge is 0.508 e. The molecule has 2 rings (SSSR count). The Bertz CT molecular complexity index is 542. The first-order chi connectivity index (χ1) is 9.24. The van der Waals surface area contributed by atoms with Crippen LogP contribution in [-0.4, -0.2) is 35.7 Å². The van der Waals surface area contributed by atoms with Gasteiger partial charge in [0.15, 0.2) is 0 Å². The van der Waals surface area contributed by atoms with E-state index in [-0.39, 0.29) is 11.8 Å². The van der Waals surface area contributed by atoms with Crippen molar-refractivity contribution in [3.63, 3.8) is 0 Å². The summed E-state index contributed by atoms with van der Waals surface area (Å²) in [5.74, 6) is 1.52. The quantitative estimate of drug-likeness (QED) is 0.799. The van der Waals surface area contributed by atoms with Crippen LogP contribution in [0.25, 0.3) is 10.8 Å². The highest BCUT2D eigenvalue weighted by atomic mass is 35.5. The fourth-order valence-corrected chi connectivity index (χ4v) is 2.26. The van der Waals surface area contributed by atoms with Gasteiger partial charge in [0.2, 0.25) is 0 Å². The number of rotatable bonds is 6. The van der Waals surface area contributed by atoms with Crippen molar-refractivity contribution in [2.75, 3.05) is 24.9 Å². The molecular weight excluding hydrogens is 264 g/mol. The third kappa shape index (κ3) is 3.49. The van der Waals surface area contributed by atoms with E-state index in [9.17, 15) is 5.11 Å². The van der Waals surface area contributed by atoms with Gasteiger partial charge in [-0.25, -0.2) is 4.98 Å². The van der Waals surface area contributed by atoms with Gasteiger partial charge in [-0.15, -0.1) is 11.6 Å². The Kier molecular flexibility index (Phi) is 4.82. The van der Waals surface area contributed by atoms with Gasteiger partial charge in [-0.1, -0.05) is 6.07 Å². The summed E-state index contributed by atoms with van der Waals surface area (Å²) < 4.78 is 5.17. The molecule has 102 valence electrons. The highest BCUT2D eigenvalue weighted by molar-refractivity contribution is 6.17. The molecule has 5 heteroatoms. The number of nitrogens with one attached hydrogen (secondary N) is 1. The molecule has 1 heterocycles. The molecule has 1 aromatic carbocycles. The van der Waals surface area contributed by atoms with Crippen molar-refractivity contribution in [2.45, 2.75) is 12.5 Å². The zero-order valence-corrected chi connectivity index (χ0v) is 11.5. The summed E-state index contributed by atoms with van der Waals surface area (Å²) in [6.07, 6.45) is 2.53. The van der Waals surface area contributed by atoms with Gasteiger partial charge in [0.1, 0.15) is 11.6 Å². The van der Waals surface area contributed by atoms with E-state index in [1.807, 2.05) is 12.1 Å². The second-order valence-corrected chi connectivity index (χ2v) is 4.72. The molecule has 0 amide bonds. The van der Waals surface area contributed by atoms with E-state index in [0.29, 0.717) is 12.5 Å². The predicted octanol–water partition coefficient (Wildman–Crippen LogP) is 3.00. The Labute approximate surface area is 117 Å². The molecule has 0 saturated carbocycles. The van der Waals surface area contributed by atoms with Crippen LogP contribution in [0.5, 0.6) is 5.75 Å². The SMILES string of the molecule is COCC(CCCl)Nc1nccc2ccc(O)cc12. The molecule has 0 aliphatic rings. The first-order valence-electron chi connectivity index (χ1n) is 6.13. The Morgan fingerprint density at radius 3 is 3.00 bits per heavy atom. The Hall–Kier alpha value is -1.52. The van der Waals surface area contributed by atoms with Crippen LogP contribution in [0.1, 0.15) is 6.42 Å². The normalized spacial score (nSPS) is 12.5. The van der Waals surface area contributed by atoms with Crippen LogP contribution in [0.4, 0.5) is 5.82 Å². The number of nitrogens with zero attached hydrogens (tertiary/aromatic N) is 1. The molecular formula is C14H17ClN2O2. The van der Waals surface area contributed by atoms with Gasteiger partial charge in [0, 0.05) is 24.6 Å². The molecule has 0 bridgehead atoms. The topological polar surface area (TPSA) is 54.4 Å². The van der Waals surface area contributed by atoms with Crippen LogP contribution in [0.3, 0.4) is 0 Å². The van der Waals surface area contributed by atoms with Crippen molar-refractivity contribution in [2.24, 2.45) is 0 Å². The third-order valence-corrected chi connectivity index (χ3v) is 3.13. The van der Waals surface area contributed by atoms with Crippen molar-refractivity contribution in [1.82, 2.24) is 4.98 Å². The maximum absolute atomic E-state index is 9.59. The summed E-state index contributed by atoms with van der Waals surface area (Å²) in [6.45, 7) is 0.559. The number of phenols is 1. The van der Waals surface area contributed by atoms with Crippen LogP contribution < -0.4 is 5.32 Å². The number of hydrogen-bond acceptors (Lipinski definition) is 4. The maximum atomic E-state index is 9.59. The summed E-state index contributed by atoms with van der Waals surface area (Å²) in [5, 5.41) is 14.8. The van der Waals surface area contributed by atoms with Crippen LogP contribution in [-0.2, 0) is 4.74 Å². The highest BCUT2D eigenvalue weighted by Gasteiger charge is 2.11. The van der Waals surface area contributed by atoms with Crippen molar-refractivity contribution in [1.29, 1.82) is 0 Å². The first-order valence-corrected chi connectivity index (χ1v) is 6.67. The van der Waals surface area contributed by atoms with Crippen molar-refractivity contribution < 1.29 is 9.84 Å². The van der Waals surface area contributed by atoms with Gasteiger partial charge in [-0.05, 0) is 30.0 Å². The molecule has 0 spiro atoms. The first kappa shape index (κ1) is 13.9. The van der Waals surface area contributed by atoms with E-state index in [4.69, 9.17) is 16.3 Å². The Morgan fingerprint density at radius 2 is 2.26 bits per heavy atom. The number of halogens is 1. The second-order valence-electron chi connectivity index (χ2n) is 4.34. The smallest absolute Gasteiger partial charge is 0.134 e. The lowest BCUT2D eigenvalue weighted by molar-refractivity contribution is 0.184. The Morgan fingerprint density at radius 1 is 1.42 bits per heavy atom. The van der Waals surface area contributed by atoms with E-state index in [2.05, 4.69) is 10.3 Å². The molecule has 0 aliphatic carbocycles. The van der Waals surface area contributed by atoms with Crippen LogP contribution in [0.15, 0.2) is 30.5 Å². The zero-order valence-electron chi connectivity index (χ0n) is 10.8. The number of pyridine rings is 1. The molecule has 19 heavy (non-hydrogen) atoms. The monoisotopic (exact) mass is 280 g/mol. The summed E-state index contributed by atoms with van der Waals surface area (Å²) in [5.41, 5.74) is 0. The molecule has 2 N–H and O–H groups in total. The zero-order chi connectivity index (χ0) is 13.7. The van der Waals surface area contributed by atoms with Gasteiger partial charge in [-0.3, -0.25) is 0 Å². The van der Waals surface area contributed by atoms with Gasteiger partial charge in [0.05, 0.1) is 12.6 Å². The standard InChI is InChI=1S/C14H17ClN2O2/c1-19-9-11(4-6-15)17-14-13-8-12(18)3-2-10(13)5-7-16-14/h2-3,5,7-8,11,18H,4,6,9H2,1H3,(H,16,17). The van der Waals surface area contributed by atoms with Gasteiger partial charge in [-0.2, -0.15) is 0 Å². The minimum absolute atomic E-state index is 0.1000. The number of alkyl halides is 1. The molecule has 1 unspecified atom stereocenters. The molecule has 0 saturated heterocycles. The number of phenolic OH excluding ortho intramolecular Hbond substituents is 1. The van der Waals surface area contributed by atoms with Crippen LogP contribution in [0.2, 0.25) is 0 Å². The van der Waals surface area contributed by atoms with E-state index >= 15 is 0 Å². The predicted molar refractivity (Wildman–Crippen MR) is 78.0 cm³/mol. The number of aromatic hydroxyl groups is 1. The fraction of sp³-hybridized carbons (Fsp3) is 0.357. The number of aromatic nitrogens is 1. The molecule has 0 fully saturated rings. The van der Waals surface area contributed by atoms with Crippen LogP contribution in [0, 0.1) is 0 Å².